The average molecular weight is 541 g/mol. The number of carbonyl (C=O) groups is 1. The first-order valence-electron chi connectivity index (χ1n) is 13.8. The van der Waals surface area contributed by atoms with Crippen molar-refractivity contribution in [2.45, 2.75) is 46.1 Å². The molecule has 3 aromatic rings. The number of phenols is 1. The number of phenolic OH excluding ortho intramolecular Hbond substituents is 1. The number of fused-ring (bicyclic) bond motifs is 1. The number of ether oxygens (including phenoxy) is 1. The average Bonchev–Trinajstić information content (AvgIpc) is 3.35. The number of aromatic nitrogens is 4. The van der Waals surface area contributed by atoms with E-state index in [0.29, 0.717) is 47.6 Å². The summed E-state index contributed by atoms with van der Waals surface area (Å²) in [7, 11) is 3.13. The van der Waals surface area contributed by atoms with Crippen molar-refractivity contribution in [1.82, 2.24) is 28.5 Å². The molecule has 1 fully saturated rings. The van der Waals surface area contributed by atoms with Crippen molar-refractivity contribution >= 4 is 16.9 Å². The second-order valence-corrected chi connectivity index (χ2v) is 10.3. The number of piperazine rings is 1. The van der Waals surface area contributed by atoms with E-state index in [4.69, 9.17) is 4.74 Å². The van der Waals surface area contributed by atoms with Crippen molar-refractivity contribution in [3.05, 3.63) is 50.4 Å². The molecule has 0 saturated carbocycles. The van der Waals surface area contributed by atoms with Gasteiger partial charge in [0, 0.05) is 58.9 Å². The predicted molar refractivity (Wildman–Crippen MR) is 150 cm³/mol. The molecule has 0 amide bonds. The van der Waals surface area contributed by atoms with Gasteiger partial charge < -0.3 is 24.2 Å². The van der Waals surface area contributed by atoms with Crippen LogP contribution in [0.2, 0.25) is 0 Å². The van der Waals surface area contributed by atoms with Crippen LogP contribution in [0.3, 0.4) is 0 Å². The van der Waals surface area contributed by atoms with E-state index in [0.717, 1.165) is 63.1 Å². The van der Waals surface area contributed by atoms with Gasteiger partial charge in [-0.25, -0.2) is 9.78 Å². The number of carbonyl (C=O) groups excluding carboxylic acids is 1. The lowest BCUT2D eigenvalue weighted by atomic mass is 10.0. The minimum atomic E-state index is -0.369. The predicted octanol–water partition coefficient (Wildman–Crippen LogP) is 1.77. The van der Waals surface area contributed by atoms with Crippen LogP contribution >= 0.6 is 0 Å². The van der Waals surface area contributed by atoms with Crippen molar-refractivity contribution in [3.8, 4) is 11.5 Å². The number of aromatic hydroxyl groups is 1. The van der Waals surface area contributed by atoms with E-state index in [1.54, 1.807) is 25.5 Å². The Morgan fingerprint density at radius 2 is 1.67 bits per heavy atom. The first-order valence-corrected chi connectivity index (χ1v) is 13.8. The SMILES string of the molecule is CCCc1c(OCCCN2CCN(CCCn3cnc4c3c(=O)n(C)c(=O)n4C)CC2)ccc(C(C)=O)c1O. The van der Waals surface area contributed by atoms with Gasteiger partial charge in [-0.3, -0.25) is 18.7 Å². The quantitative estimate of drug-likeness (QED) is 0.273. The monoisotopic (exact) mass is 540 g/mol. The summed E-state index contributed by atoms with van der Waals surface area (Å²) in [6.07, 6.45) is 4.94. The van der Waals surface area contributed by atoms with Crippen molar-refractivity contribution in [2.24, 2.45) is 14.1 Å². The number of imidazole rings is 1. The molecule has 0 spiro atoms. The lowest BCUT2D eigenvalue weighted by Gasteiger charge is -2.34. The number of benzene rings is 1. The van der Waals surface area contributed by atoms with E-state index < -0.39 is 0 Å². The molecule has 1 aliphatic rings. The van der Waals surface area contributed by atoms with Crippen LogP contribution in [0.25, 0.3) is 11.2 Å². The number of Topliss-reactive ketones (excluding diaryl/α,β-unsaturated/α-hetero) is 1. The first kappa shape index (κ1) is 28.6. The van der Waals surface area contributed by atoms with Crippen LogP contribution in [-0.2, 0) is 27.1 Å². The van der Waals surface area contributed by atoms with Gasteiger partial charge in [0.2, 0.25) is 0 Å². The topological polar surface area (TPSA) is 115 Å². The minimum Gasteiger partial charge on any atom is -0.507 e. The fraction of sp³-hybridized carbons (Fsp3) is 0.571. The maximum Gasteiger partial charge on any atom is 0.332 e. The number of nitrogens with zero attached hydrogens (tertiary/aromatic N) is 6. The highest BCUT2D eigenvalue weighted by atomic mass is 16.5. The molecule has 3 heterocycles. The Hall–Kier alpha value is -3.44. The van der Waals surface area contributed by atoms with Gasteiger partial charge in [0.1, 0.15) is 11.5 Å². The zero-order valence-corrected chi connectivity index (χ0v) is 23.5. The van der Waals surface area contributed by atoms with Gasteiger partial charge in [-0.05, 0) is 44.9 Å². The van der Waals surface area contributed by atoms with Crippen LogP contribution in [0, 0.1) is 0 Å². The smallest absolute Gasteiger partial charge is 0.332 e. The highest BCUT2D eigenvalue weighted by molar-refractivity contribution is 5.97. The molecular weight excluding hydrogens is 500 g/mol. The van der Waals surface area contributed by atoms with E-state index in [2.05, 4.69) is 14.8 Å². The van der Waals surface area contributed by atoms with Crippen LogP contribution in [0.15, 0.2) is 28.0 Å². The summed E-state index contributed by atoms with van der Waals surface area (Å²) in [5, 5.41) is 10.5. The second kappa shape index (κ2) is 12.6. The number of aryl methyl sites for hydroxylation is 2. The fourth-order valence-corrected chi connectivity index (χ4v) is 5.27. The van der Waals surface area contributed by atoms with Crippen LogP contribution in [-0.4, -0.2) is 85.3 Å². The molecule has 1 aliphatic heterocycles. The molecule has 0 unspecified atom stereocenters. The number of hydrogen-bond acceptors (Lipinski definition) is 8. The summed E-state index contributed by atoms with van der Waals surface area (Å²) in [6.45, 7) is 10.6. The fourth-order valence-electron chi connectivity index (χ4n) is 5.27. The van der Waals surface area contributed by atoms with Crippen LogP contribution in [0.1, 0.15) is 49.0 Å². The van der Waals surface area contributed by atoms with Gasteiger partial charge in [-0.15, -0.1) is 0 Å². The number of rotatable bonds is 12. The molecule has 39 heavy (non-hydrogen) atoms. The molecule has 0 aliphatic carbocycles. The highest BCUT2D eigenvalue weighted by Gasteiger charge is 2.19. The summed E-state index contributed by atoms with van der Waals surface area (Å²) < 4.78 is 10.4. The molecule has 0 atom stereocenters. The zero-order valence-electron chi connectivity index (χ0n) is 23.5. The normalized spacial score (nSPS) is 14.8. The molecule has 2 aromatic heterocycles. The third-order valence-corrected chi connectivity index (χ3v) is 7.55. The summed E-state index contributed by atoms with van der Waals surface area (Å²) in [5.41, 5.74) is 1.27. The van der Waals surface area contributed by atoms with E-state index in [1.807, 2.05) is 11.5 Å². The molecule has 0 radical (unpaired) electrons. The van der Waals surface area contributed by atoms with Crippen molar-refractivity contribution in [1.29, 1.82) is 0 Å². The molecule has 0 bridgehead atoms. The minimum absolute atomic E-state index is 0.0484. The Morgan fingerprint density at radius 3 is 2.31 bits per heavy atom. The summed E-state index contributed by atoms with van der Waals surface area (Å²) >= 11 is 0. The maximum atomic E-state index is 12.6. The summed E-state index contributed by atoms with van der Waals surface area (Å²) in [5.74, 6) is 0.562. The second-order valence-electron chi connectivity index (χ2n) is 10.3. The first-order chi connectivity index (χ1) is 18.7. The van der Waals surface area contributed by atoms with Gasteiger partial charge in [0.25, 0.3) is 5.56 Å². The Morgan fingerprint density at radius 1 is 1.00 bits per heavy atom. The Balaban J connectivity index is 1.20. The Kier molecular flexibility index (Phi) is 9.24. The molecule has 4 rings (SSSR count). The lowest BCUT2D eigenvalue weighted by molar-refractivity contribution is 0.101. The molecule has 11 nitrogen and oxygen atoms in total. The summed E-state index contributed by atoms with van der Waals surface area (Å²) in [6, 6.07) is 3.44. The van der Waals surface area contributed by atoms with E-state index in [1.165, 1.54) is 18.5 Å². The molecule has 1 saturated heterocycles. The van der Waals surface area contributed by atoms with Gasteiger partial charge in [-0.1, -0.05) is 13.3 Å². The maximum absolute atomic E-state index is 12.6. The summed E-state index contributed by atoms with van der Waals surface area (Å²) in [4.78, 5) is 45.7. The van der Waals surface area contributed by atoms with Crippen molar-refractivity contribution in [2.75, 3.05) is 45.9 Å². The van der Waals surface area contributed by atoms with Crippen LogP contribution in [0.5, 0.6) is 11.5 Å². The van der Waals surface area contributed by atoms with Crippen molar-refractivity contribution < 1.29 is 14.6 Å². The van der Waals surface area contributed by atoms with E-state index >= 15 is 0 Å². The molecule has 11 heteroatoms. The molecular formula is C28H40N6O5. The van der Waals surface area contributed by atoms with E-state index in [9.17, 15) is 19.5 Å². The van der Waals surface area contributed by atoms with E-state index in [-0.39, 0.29) is 22.8 Å². The highest BCUT2D eigenvalue weighted by Crippen LogP contribution is 2.33. The Labute approximate surface area is 228 Å². The van der Waals surface area contributed by atoms with Gasteiger partial charge >= 0.3 is 5.69 Å². The van der Waals surface area contributed by atoms with Crippen molar-refractivity contribution in [3.63, 3.8) is 0 Å². The largest absolute Gasteiger partial charge is 0.507 e. The standard InChI is InChI=1S/C28H40N6O5/c1-5-8-22-23(10-9-21(20(2)35)25(22)36)39-18-7-12-33-16-14-32(15-17-33)11-6-13-34-19-29-26-24(34)27(37)31(4)28(38)30(26)3/h9-10,19,36H,5-8,11-18H2,1-4H3. The lowest BCUT2D eigenvalue weighted by Crippen LogP contribution is -2.47. The third-order valence-electron chi connectivity index (χ3n) is 7.55. The van der Waals surface area contributed by atoms with Gasteiger partial charge in [0.05, 0.1) is 18.5 Å². The molecule has 1 aromatic carbocycles. The Bertz CT molecular complexity index is 1430. The van der Waals surface area contributed by atoms with Gasteiger partial charge in [0.15, 0.2) is 16.9 Å². The van der Waals surface area contributed by atoms with Gasteiger partial charge in [-0.2, -0.15) is 0 Å². The third kappa shape index (κ3) is 6.25. The molecule has 1 N–H and O–H groups in total. The van der Waals surface area contributed by atoms with Crippen LogP contribution in [0.4, 0.5) is 0 Å². The number of hydrogen-bond donors (Lipinski definition) is 1. The number of ketones is 1. The molecule has 212 valence electrons. The van der Waals surface area contributed by atoms with Crippen LogP contribution < -0.4 is 16.0 Å². The zero-order chi connectivity index (χ0) is 28.1.